The highest BCUT2D eigenvalue weighted by Crippen LogP contribution is 2.34. The van der Waals surface area contributed by atoms with Crippen molar-refractivity contribution in [3.8, 4) is 17.3 Å². The SMILES string of the molecule is COc1cnc(C(F)(F)F)n1-c1cccc(OC(F)(F)F)c1. The molecule has 22 heavy (non-hydrogen) atoms. The summed E-state index contributed by atoms with van der Waals surface area (Å²) in [5, 5.41) is 0. The van der Waals surface area contributed by atoms with Gasteiger partial charge in [-0.15, -0.1) is 13.2 Å². The maximum Gasteiger partial charge on any atom is 0.573 e. The number of halogens is 6. The molecule has 10 heteroatoms. The molecule has 2 rings (SSSR count). The minimum absolute atomic E-state index is 0.233. The van der Waals surface area contributed by atoms with Gasteiger partial charge in [-0.2, -0.15) is 13.2 Å². The van der Waals surface area contributed by atoms with E-state index < -0.39 is 24.1 Å². The second kappa shape index (κ2) is 5.43. The summed E-state index contributed by atoms with van der Waals surface area (Å²) in [6.45, 7) is 0. The number of methoxy groups -OCH3 is 1. The van der Waals surface area contributed by atoms with Crippen LogP contribution in [0.25, 0.3) is 5.69 Å². The van der Waals surface area contributed by atoms with Crippen molar-refractivity contribution < 1.29 is 35.8 Å². The van der Waals surface area contributed by atoms with Crippen LogP contribution in [0.5, 0.6) is 11.6 Å². The first-order chi connectivity index (χ1) is 10.1. The van der Waals surface area contributed by atoms with Crippen molar-refractivity contribution in [1.29, 1.82) is 0 Å². The van der Waals surface area contributed by atoms with Gasteiger partial charge in [-0.1, -0.05) is 6.07 Å². The van der Waals surface area contributed by atoms with Gasteiger partial charge < -0.3 is 9.47 Å². The number of hydrogen-bond acceptors (Lipinski definition) is 3. The van der Waals surface area contributed by atoms with Crippen molar-refractivity contribution in [3.63, 3.8) is 0 Å². The first kappa shape index (κ1) is 16.0. The Hall–Kier alpha value is -2.39. The van der Waals surface area contributed by atoms with E-state index in [-0.39, 0.29) is 11.6 Å². The van der Waals surface area contributed by atoms with Gasteiger partial charge in [-0.25, -0.2) is 4.98 Å². The molecule has 0 unspecified atom stereocenters. The lowest BCUT2D eigenvalue weighted by molar-refractivity contribution is -0.274. The van der Waals surface area contributed by atoms with Gasteiger partial charge in [0.15, 0.2) is 0 Å². The number of imidazole rings is 1. The average Bonchev–Trinajstić information content (AvgIpc) is 2.80. The van der Waals surface area contributed by atoms with Crippen LogP contribution in [-0.4, -0.2) is 23.0 Å². The van der Waals surface area contributed by atoms with Gasteiger partial charge in [0.2, 0.25) is 11.7 Å². The second-order valence-corrected chi connectivity index (χ2v) is 4.00. The maximum atomic E-state index is 12.9. The predicted molar refractivity (Wildman–Crippen MR) is 61.8 cm³/mol. The van der Waals surface area contributed by atoms with Gasteiger partial charge in [0.05, 0.1) is 19.0 Å². The van der Waals surface area contributed by atoms with E-state index >= 15 is 0 Å². The molecule has 1 aromatic heterocycles. The number of benzene rings is 1. The van der Waals surface area contributed by atoms with Crippen LogP contribution in [0.4, 0.5) is 26.3 Å². The largest absolute Gasteiger partial charge is 0.573 e. The molecule has 0 atom stereocenters. The molecule has 0 spiro atoms. The van der Waals surface area contributed by atoms with E-state index in [0.717, 1.165) is 31.5 Å². The van der Waals surface area contributed by atoms with Crippen LogP contribution < -0.4 is 9.47 Å². The van der Waals surface area contributed by atoms with Gasteiger partial charge in [-0.3, -0.25) is 4.57 Å². The van der Waals surface area contributed by atoms with Crippen LogP contribution in [-0.2, 0) is 6.18 Å². The Morgan fingerprint density at radius 1 is 1.09 bits per heavy atom. The molecular formula is C12H8F6N2O2. The summed E-state index contributed by atoms with van der Waals surface area (Å²) in [4.78, 5) is 3.19. The molecule has 0 radical (unpaired) electrons. The van der Waals surface area contributed by atoms with Crippen molar-refractivity contribution >= 4 is 0 Å². The molecule has 0 saturated carbocycles. The molecule has 1 heterocycles. The van der Waals surface area contributed by atoms with E-state index in [4.69, 9.17) is 4.74 Å². The topological polar surface area (TPSA) is 36.3 Å². The third-order valence-corrected chi connectivity index (χ3v) is 2.50. The first-order valence-corrected chi connectivity index (χ1v) is 5.67. The summed E-state index contributed by atoms with van der Waals surface area (Å²) in [6, 6.07) is 4.05. The summed E-state index contributed by atoms with van der Waals surface area (Å²) in [6.07, 6.45) is -8.94. The minimum Gasteiger partial charge on any atom is -0.481 e. The van der Waals surface area contributed by atoms with Gasteiger partial charge in [0.25, 0.3) is 0 Å². The summed E-state index contributed by atoms with van der Waals surface area (Å²) >= 11 is 0. The van der Waals surface area contributed by atoms with E-state index in [1.165, 1.54) is 6.07 Å². The van der Waals surface area contributed by atoms with Crippen LogP contribution in [0.2, 0.25) is 0 Å². The molecule has 0 aliphatic carbocycles. The fourth-order valence-electron chi connectivity index (χ4n) is 1.75. The zero-order valence-corrected chi connectivity index (χ0v) is 10.9. The van der Waals surface area contributed by atoms with E-state index in [1.807, 2.05) is 0 Å². The number of hydrogen-bond donors (Lipinski definition) is 0. The Labute approximate surface area is 119 Å². The molecule has 4 nitrogen and oxygen atoms in total. The minimum atomic E-state index is -4.95. The standard InChI is InChI=1S/C12H8F6N2O2/c1-21-9-6-19-10(11(13,14)15)20(9)7-3-2-4-8(5-7)22-12(16,17)18/h2-6H,1H3. The Kier molecular flexibility index (Phi) is 3.94. The Morgan fingerprint density at radius 3 is 2.32 bits per heavy atom. The summed E-state index contributed by atoms with van der Waals surface area (Å²) in [5.74, 6) is -2.26. The number of alkyl halides is 6. The van der Waals surface area contributed by atoms with E-state index in [1.54, 1.807) is 0 Å². The van der Waals surface area contributed by atoms with Crippen LogP contribution >= 0.6 is 0 Å². The molecule has 0 amide bonds. The van der Waals surface area contributed by atoms with Crippen LogP contribution in [0.15, 0.2) is 30.5 Å². The van der Waals surface area contributed by atoms with Crippen LogP contribution in [0, 0.1) is 0 Å². The lowest BCUT2D eigenvalue weighted by Crippen LogP contribution is -2.18. The molecule has 0 bridgehead atoms. The molecular weight excluding hydrogens is 318 g/mol. The monoisotopic (exact) mass is 326 g/mol. The molecule has 2 aromatic rings. The maximum absolute atomic E-state index is 12.9. The molecule has 0 saturated heterocycles. The fourth-order valence-corrected chi connectivity index (χ4v) is 1.75. The Balaban J connectivity index is 2.52. The number of nitrogens with zero attached hydrogens (tertiary/aromatic N) is 2. The van der Waals surface area contributed by atoms with Crippen molar-refractivity contribution in [2.24, 2.45) is 0 Å². The van der Waals surface area contributed by atoms with Crippen LogP contribution in [0.3, 0.4) is 0 Å². The van der Waals surface area contributed by atoms with Gasteiger partial charge >= 0.3 is 12.5 Å². The van der Waals surface area contributed by atoms with Gasteiger partial charge in [0, 0.05) is 6.07 Å². The van der Waals surface area contributed by atoms with Crippen molar-refractivity contribution in [2.75, 3.05) is 7.11 Å². The van der Waals surface area contributed by atoms with E-state index in [9.17, 15) is 26.3 Å². The van der Waals surface area contributed by atoms with Crippen molar-refractivity contribution in [2.45, 2.75) is 12.5 Å². The lowest BCUT2D eigenvalue weighted by atomic mass is 10.3. The normalized spacial score (nSPS) is 12.3. The first-order valence-electron chi connectivity index (χ1n) is 5.67. The van der Waals surface area contributed by atoms with Gasteiger partial charge in [0.1, 0.15) is 5.75 Å². The molecule has 0 aliphatic heterocycles. The van der Waals surface area contributed by atoms with E-state index in [2.05, 4.69) is 9.72 Å². The Morgan fingerprint density at radius 2 is 1.77 bits per heavy atom. The average molecular weight is 326 g/mol. The highest BCUT2D eigenvalue weighted by molar-refractivity contribution is 5.43. The second-order valence-electron chi connectivity index (χ2n) is 4.00. The third kappa shape index (κ3) is 3.43. The number of aromatic nitrogens is 2. The quantitative estimate of drug-likeness (QED) is 0.805. The molecule has 0 N–H and O–H groups in total. The zero-order valence-electron chi connectivity index (χ0n) is 10.9. The Bertz CT molecular complexity index is 662. The summed E-state index contributed by atoms with van der Waals surface area (Å²) in [7, 11) is 1.11. The summed E-state index contributed by atoms with van der Waals surface area (Å²) in [5.41, 5.74) is -0.233. The highest BCUT2D eigenvalue weighted by atomic mass is 19.4. The fraction of sp³-hybridized carbons (Fsp3) is 0.250. The van der Waals surface area contributed by atoms with Crippen LogP contribution in [0.1, 0.15) is 5.82 Å². The molecule has 0 fully saturated rings. The third-order valence-electron chi connectivity index (χ3n) is 2.50. The van der Waals surface area contributed by atoms with Gasteiger partial charge in [-0.05, 0) is 12.1 Å². The zero-order chi connectivity index (χ0) is 16.5. The number of ether oxygens (including phenoxy) is 2. The van der Waals surface area contributed by atoms with E-state index in [0.29, 0.717) is 4.57 Å². The highest BCUT2D eigenvalue weighted by Gasteiger charge is 2.38. The lowest BCUT2D eigenvalue weighted by Gasteiger charge is -2.14. The summed E-state index contributed by atoms with van der Waals surface area (Å²) < 4.78 is 84.2. The molecule has 1 aromatic carbocycles. The number of rotatable bonds is 3. The van der Waals surface area contributed by atoms with Crippen molar-refractivity contribution in [1.82, 2.24) is 9.55 Å². The smallest absolute Gasteiger partial charge is 0.481 e. The predicted octanol–water partition coefficient (Wildman–Crippen LogP) is 3.80. The molecule has 120 valence electrons. The molecule has 0 aliphatic rings. The van der Waals surface area contributed by atoms with Crippen molar-refractivity contribution in [3.05, 3.63) is 36.3 Å².